The van der Waals surface area contributed by atoms with Crippen molar-refractivity contribution in [2.75, 3.05) is 18.9 Å². The minimum atomic E-state index is -0.209. The second-order valence-corrected chi connectivity index (χ2v) is 9.38. The fourth-order valence-electron chi connectivity index (χ4n) is 3.78. The molecule has 0 atom stereocenters. The first kappa shape index (κ1) is 23.0. The van der Waals surface area contributed by atoms with Crippen LogP contribution < -0.4 is 15.4 Å². The standard InChI is InChI=1S/C25H26ClN7O2/c1-15-6-9-28-17(10-15)13-33-22(18-5-4-16(11-19(18)26)29-12-20(34)27-3)32-21-23(33)30-14-31-24(21)35-25(2)7-8-25/h4-6,9-11,14,29H,7-8,12-13H2,1-3H3,(H,27,34). The molecule has 180 valence electrons. The van der Waals surface area contributed by atoms with Crippen molar-refractivity contribution in [1.82, 2.24) is 29.8 Å². The molecule has 3 heterocycles. The van der Waals surface area contributed by atoms with Crippen LogP contribution in [-0.4, -0.2) is 49.6 Å². The summed E-state index contributed by atoms with van der Waals surface area (Å²) in [6, 6.07) is 9.52. The third kappa shape index (κ3) is 4.90. The molecule has 0 bridgehead atoms. The van der Waals surface area contributed by atoms with Gasteiger partial charge in [-0.25, -0.2) is 9.97 Å². The Balaban J connectivity index is 1.59. The summed E-state index contributed by atoms with van der Waals surface area (Å²) >= 11 is 6.72. The van der Waals surface area contributed by atoms with E-state index in [1.54, 1.807) is 19.3 Å². The molecule has 1 aliphatic carbocycles. The fourth-order valence-corrected chi connectivity index (χ4v) is 4.05. The summed E-state index contributed by atoms with van der Waals surface area (Å²) in [5.41, 5.74) is 4.48. The van der Waals surface area contributed by atoms with Crippen LogP contribution in [0.5, 0.6) is 5.88 Å². The first-order valence-corrected chi connectivity index (χ1v) is 11.8. The molecule has 4 aromatic rings. The summed E-state index contributed by atoms with van der Waals surface area (Å²) in [5, 5.41) is 6.14. The average Bonchev–Trinajstić information content (AvgIpc) is 3.46. The molecular weight excluding hydrogens is 466 g/mol. The van der Waals surface area contributed by atoms with Crippen LogP contribution in [0, 0.1) is 6.92 Å². The van der Waals surface area contributed by atoms with Gasteiger partial charge in [-0.3, -0.25) is 9.78 Å². The van der Waals surface area contributed by atoms with Crippen molar-refractivity contribution >= 4 is 34.4 Å². The zero-order valence-electron chi connectivity index (χ0n) is 19.8. The molecule has 1 saturated carbocycles. The number of benzene rings is 1. The Morgan fingerprint density at radius 3 is 2.74 bits per heavy atom. The summed E-state index contributed by atoms with van der Waals surface area (Å²) < 4.78 is 8.18. The predicted octanol–water partition coefficient (Wildman–Crippen LogP) is 3.99. The normalized spacial score (nSPS) is 14.1. The molecule has 35 heavy (non-hydrogen) atoms. The molecule has 1 aliphatic rings. The Morgan fingerprint density at radius 1 is 1.20 bits per heavy atom. The molecule has 10 heteroatoms. The maximum atomic E-state index is 11.6. The van der Waals surface area contributed by atoms with Gasteiger partial charge >= 0.3 is 0 Å². The highest BCUT2D eigenvalue weighted by Crippen LogP contribution is 2.41. The molecule has 1 aromatic carbocycles. The van der Waals surface area contributed by atoms with E-state index in [1.165, 1.54) is 6.33 Å². The number of aromatic nitrogens is 5. The van der Waals surface area contributed by atoms with Crippen LogP contribution in [0.4, 0.5) is 5.69 Å². The van der Waals surface area contributed by atoms with E-state index in [2.05, 4.69) is 32.5 Å². The highest BCUT2D eigenvalue weighted by Gasteiger charge is 2.41. The fraction of sp³-hybridized carbons (Fsp3) is 0.320. The molecular formula is C25H26ClN7O2. The number of fused-ring (bicyclic) bond motifs is 1. The summed E-state index contributed by atoms with van der Waals surface area (Å²) in [7, 11) is 1.60. The second-order valence-electron chi connectivity index (χ2n) is 8.97. The molecule has 0 unspecified atom stereocenters. The number of pyridine rings is 1. The molecule has 3 aromatic heterocycles. The van der Waals surface area contributed by atoms with E-state index < -0.39 is 0 Å². The Kier molecular flexibility index (Phi) is 6.02. The summed E-state index contributed by atoms with van der Waals surface area (Å²) in [4.78, 5) is 29.9. The van der Waals surface area contributed by atoms with Crippen LogP contribution in [0.2, 0.25) is 5.02 Å². The van der Waals surface area contributed by atoms with Crippen molar-refractivity contribution in [3.05, 3.63) is 59.1 Å². The van der Waals surface area contributed by atoms with Crippen molar-refractivity contribution in [3.63, 3.8) is 0 Å². The number of halogens is 1. The number of nitrogens with one attached hydrogen (secondary N) is 2. The van der Waals surface area contributed by atoms with Gasteiger partial charge < -0.3 is 19.9 Å². The molecule has 0 radical (unpaired) electrons. The Bertz CT molecular complexity index is 1410. The number of imidazole rings is 1. The van der Waals surface area contributed by atoms with Gasteiger partial charge in [0.15, 0.2) is 11.2 Å². The van der Waals surface area contributed by atoms with Gasteiger partial charge in [-0.05, 0) is 62.6 Å². The van der Waals surface area contributed by atoms with Gasteiger partial charge in [0.05, 0.1) is 23.8 Å². The molecule has 0 spiro atoms. The van der Waals surface area contributed by atoms with Gasteiger partial charge in [0.2, 0.25) is 11.8 Å². The molecule has 2 N–H and O–H groups in total. The van der Waals surface area contributed by atoms with Crippen LogP contribution in [-0.2, 0) is 11.3 Å². The smallest absolute Gasteiger partial charge is 0.245 e. The van der Waals surface area contributed by atoms with Crippen molar-refractivity contribution in [3.8, 4) is 17.3 Å². The number of hydrogen-bond donors (Lipinski definition) is 2. The highest BCUT2D eigenvalue weighted by molar-refractivity contribution is 6.33. The lowest BCUT2D eigenvalue weighted by Gasteiger charge is -2.12. The van der Waals surface area contributed by atoms with Crippen molar-refractivity contribution in [2.24, 2.45) is 0 Å². The molecule has 9 nitrogen and oxygen atoms in total. The second kappa shape index (κ2) is 9.14. The molecule has 1 amide bonds. The summed E-state index contributed by atoms with van der Waals surface area (Å²) in [6.45, 7) is 4.70. The molecule has 0 aliphatic heterocycles. The third-order valence-corrected chi connectivity index (χ3v) is 6.34. The molecule has 1 fully saturated rings. The first-order valence-electron chi connectivity index (χ1n) is 11.4. The van der Waals surface area contributed by atoms with Crippen molar-refractivity contribution in [2.45, 2.75) is 38.8 Å². The quantitative estimate of drug-likeness (QED) is 0.383. The van der Waals surface area contributed by atoms with Gasteiger partial charge in [-0.15, -0.1) is 0 Å². The van der Waals surface area contributed by atoms with Crippen molar-refractivity contribution in [1.29, 1.82) is 0 Å². The maximum absolute atomic E-state index is 11.6. The van der Waals surface area contributed by atoms with Gasteiger partial charge in [0, 0.05) is 24.5 Å². The van der Waals surface area contributed by atoms with Crippen molar-refractivity contribution < 1.29 is 9.53 Å². The lowest BCUT2D eigenvalue weighted by atomic mass is 10.2. The number of aryl methyl sites for hydroxylation is 1. The highest BCUT2D eigenvalue weighted by atomic mass is 35.5. The zero-order valence-corrected chi connectivity index (χ0v) is 20.6. The zero-order chi connectivity index (χ0) is 24.6. The SMILES string of the molecule is CNC(=O)CNc1ccc(-c2nc3c(OC4(C)CC4)ncnc3n2Cc2cc(C)ccn2)c(Cl)c1. The van der Waals surface area contributed by atoms with Gasteiger partial charge in [-0.2, -0.15) is 4.98 Å². The molecule has 0 saturated heterocycles. The van der Waals surface area contributed by atoms with E-state index in [1.807, 2.05) is 35.8 Å². The van der Waals surface area contributed by atoms with Crippen LogP contribution in [0.15, 0.2) is 42.9 Å². The minimum Gasteiger partial charge on any atom is -0.470 e. The van der Waals surface area contributed by atoms with Gasteiger partial charge in [0.1, 0.15) is 17.8 Å². The van der Waals surface area contributed by atoms with E-state index >= 15 is 0 Å². The summed E-state index contributed by atoms with van der Waals surface area (Å²) in [6.07, 6.45) is 5.26. The Hall–Kier alpha value is -3.72. The number of carbonyl (C=O) groups is 1. The number of carbonyl (C=O) groups excluding carboxylic acids is 1. The number of hydrogen-bond acceptors (Lipinski definition) is 7. The molecule has 5 rings (SSSR count). The predicted molar refractivity (Wildman–Crippen MR) is 135 cm³/mol. The number of amides is 1. The number of nitrogens with zero attached hydrogens (tertiary/aromatic N) is 5. The average molecular weight is 492 g/mol. The topological polar surface area (TPSA) is 107 Å². The van der Waals surface area contributed by atoms with Crippen LogP contribution >= 0.6 is 11.6 Å². The number of anilines is 1. The maximum Gasteiger partial charge on any atom is 0.245 e. The van der Waals surface area contributed by atoms with Gasteiger partial charge in [0.25, 0.3) is 0 Å². The number of ether oxygens (including phenoxy) is 1. The van der Waals surface area contributed by atoms with E-state index in [4.69, 9.17) is 21.3 Å². The van der Waals surface area contributed by atoms with Crippen LogP contribution in [0.3, 0.4) is 0 Å². The van der Waals surface area contributed by atoms with Crippen LogP contribution in [0.1, 0.15) is 31.0 Å². The van der Waals surface area contributed by atoms with E-state index in [9.17, 15) is 4.79 Å². The minimum absolute atomic E-state index is 0.117. The van der Waals surface area contributed by atoms with Gasteiger partial charge in [-0.1, -0.05) is 11.6 Å². The monoisotopic (exact) mass is 491 g/mol. The van der Waals surface area contributed by atoms with E-state index in [0.717, 1.165) is 35.3 Å². The Labute approximate surface area is 207 Å². The summed E-state index contributed by atoms with van der Waals surface area (Å²) in [5.74, 6) is 0.984. The third-order valence-electron chi connectivity index (χ3n) is 6.03. The number of likely N-dealkylation sites (N-methyl/N-ethyl adjacent to an activating group) is 1. The lowest BCUT2D eigenvalue weighted by Crippen LogP contribution is -2.26. The van der Waals surface area contributed by atoms with Crippen LogP contribution in [0.25, 0.3) is 22.6 Å². The first-order chi connectivity index (χ1) is 16.8. The van der Waals surface area contributed by atoms with E-state index in [-0.39, 0.29) is 18.1 Å². The largest absolute Gasteiger partial charge is 0.470 e. The number of rotatable bonds is 8. The Morgan fingerprint density at radius 2 is 2.03 bits per heavy atom. The van der Waals surface area contributed by atoms with E-state index in [0.29, 0.717) is 34.4 Å². The lowest BCUT2D eigenvalue weighted by molar-refractivity contribution is -0.118.